The molecule has 1 aliphatic rings. The summed E-state index contributed by atoms with van der Waals surface area (Å²) in [5, 5.41) is 1.07. The zero-order valence-corrected chi connectivity index (χ0v) is 5.83. The highest BCUT2D eigenvalue weighted by molar-refractivity contribution is 6.43. The number of hydrogen-bond acceptors (Lipinski definition) is 1. The molecular formula is C6H2Cl2O. The number of fused-ring (bicyclic) bond motifs is 1. The zero-order valence-electron chi connectivity index (χ0n) is 4.32. The van der Waals surface area contributed by atoms with Crippen LogP contribution in [-0.4, -0.2) is 0 Å². The molecule has 0 aliphatic carbocycles. The van der Waals surface area contributed by atoms with Crippen LogP contribution in [0.15, 0.2) is 12.1 Å². The molecule has 1 aliphatic heterocycles. The van der Waals surface area contributed by atoms with Crippen molar-refractivity contribution in [1.29, 1.82) is 0 Å². The van der Waals surface area contributed by atoms with E-state index < -0.39 is 0 Å². The SMILES string of the molecule is Clc1ccc2c(c1Cl)O2. The van der Waals surface area contributed by atoms with Gasteiger partial charge in [0.05, 0.1) is 5.02 Å². The number of halogens is 2. The van der Waals surface area contributed by atoms with Crippen LogP contribution in [-0.2, 0) is 0 Å². The van der Waals surface area contributed by atoms with Crippen molar-refractivity contribution in [2.75, 3.05) is 0 Å². The molecule has 0 N–H and O–H groups in total. The van der Waals surface area contributed by atoms with Gasteiger partial charge in [-0.2, -0.15) is 0 Å². The maximum absolute atomic E-state index is 5.67. The summed E-state index contributed by atoms with van der Waals surface area (Å²) in [6.45, 7) is 0. The number of ether oxygens (including phenoxy) is 1. The van der Waals surface area contributed by atoms with E-state index in [9.17, 15) is 0 Å². The Bertz CT molecular complexity index is 266. The number of rotatable bonds is 0. The Hall–Kier alpha value is -0.400. The fourth-order valence-electron chi connectivity index (χ4n) is 0.678. The molecule has 1 aromatic rings. The van der Waals surface area contributed by atoms with Crippen molar-refractivity contribution in [3.8, 4) is 11.5 Å². The molecule has 46 valence electrons. The van der Waals surface area contributed by atoms with Gasteiger partial charge in [-0.1, -0.05) is 23.2 Å². The predicted octanol–water partition coefficient (Wildman–Crippen LogP) is 3.10. The molecule has 0 bridgehead atoms. The fraction of sp³-hybridized carbons (Fsp3) is 0. The van der Waals surface area contributed by atoms with Crippen LogP contribution in [0.25, 0.3) is 0 Å². The van der Waals surface area contributed by atoms with E-state index >= 15 is 0 Å². The van der Waals surface area contributed by atoms with Crippen LogP contribution in [0.3, 0.4) is 0 Å². The van der Waals surface area contributed by atoms with Crippen molar-refractivity contribution in [3.63, 3.8) is 0 Å². The molecule has 1 heterocycles. The number of hydrogen-bond donors (Lipinski definition) is 0. The third-order valence-electron chi connectivity index (χ3n) is 1.18. The molecule has 0 atom stereocenters. The molecule has 0 radical (unpaired) electrons. The second kappa shape index (κ2) is 1.55. The van der Waals surface area contributed by atoms with Crippen LogP contribution in [0.4, 0.5) is 0 Å². The highest BCUT2D eigenvalue weighted by Gasteiger charge is 2.24. The maximum Gasteiger partial charge on any atom is 0.190 e. The highest BCUT2D eigenvalue weighted by Crippen LogP contribution is 2.52. The van der Waals surface area contributed by atoms with Gasteiger partial charge in [-0.05, 0) is 12.1 Å². The first kappa shape index (κ1) is 5.39. The van der Waals surface area contributed by atoms with Crippen LogP contribution in [0.1, 0.15) is 0 Å². The molecule has 1 aromatic carbocycles. The van der Waals surface area contributed by atoms with Gasteiger partial charge in [-0.25, -0.2) is 0 Å². The minimum Gasteiger partial charge on any atom is -0.448 e. The van der Waals surface area contributed by atoms with Crippen LogP contribution in [0, 0.1) is 0 Å². The van der Waals surface area contributed by atoms with Gasteiger partial charge >= 0.3 is 0 Å². The Balaban J connectivity index is 2.70. The lowest BCUT2D eigenvalue weighted by molar-refractivity contribution is 0.650. The van der Waals surface area contributed by atoms with E-state index in [1.807, 2.05) is 0 Å². The molecule has 0 aromatic heterocycles. The molecule has 0 saturated heterocycles. The molecule has 0 spiro atoms. The summed E-state index contributed by atoms with van der Waals surface area (Å²) in [7, 11) is 0. The molecule has 2 rings (SSSR count). The first-order valence-electron chi connectivity index (χ1n) is 2.45. The van der Waals surface area contributed by atoms with Crippen molar-refractivity contribution in [2.24, 2.45) is 0 Å². The Kier molecular flexibility index (Phi) is 0.930. The Labute approximate surface area is 62.1 Å². The normalized spacial score (nSPS) is 12.2. The lowest BCUT2D eigenvalue weighted by Gasteiger charge is -1.83. The molecule has 3 heteroatoms. The smallest absolute Gasteiger partial charge is 0.190 e. The van der Waals surface area contributed by atoms with Gasteiger partial charge in [-0.3, -0.25) is 0 Å². The molecule has 1 nitrogen and oxygen atoms in total. The first-order chi connectivity index (χ1) is 4.29. The van der Waals surface area contributed by atoms with Crippen LogP contribution < -0.4 is 4.74 Å². The van der Waals surface area contributed by atoms with Crippen molar-refractivity contribution in [3.05, 3.63) is 22.2 Å². The summed E-state index contributed by atoms with van der Waals surface area (Å²) in [5.74, 6) is 1.56. The average Bonchev–Trinajstić information content (AvgIpc) is 2.58. The number of benzene rings is 1. The van der Waals surface area contributed by atoms with Gasteiger partial charge in [0.15, 0.2) is 11.5 Å². The summed E-state index contributed by atoms with van der Waals surface area (Å²) in [6.07, 6.45) is 0. The van der Waals surface area contributed by atoms with Gasteiger partial charge in [0.2, 0.25) is 0 Å². The Morgan fingerprint density at radius 1 is 1.22 bits per heavy atom. The summed E-state index contributed by atoms with van der Waals surface area (Å²) >= 11 is 11.3. The summed E-state index contributed by atoms with van der Waals surface area (Å²) in [5.41, 5.74) is 0. The largest absolute Gasteiger partial charge is 0.448 e. The molecule has 0 fully saturated rings. The average molecular weight is 161 g/mol. The van der Waals surface area contributed by atoms with Gasteiger partial charge in [0, 0.05) is 0 Å². The van der Waals surface area contributed by atoms with Crippen LogP contribution in [0.2, 0.25) is 10.0 Å². The lowest BCUT2D eigenvalue weighted by Crippen LogP contribution is -1.56. The summed E-state index contributed by atoms with van der Waals surface area (Å²) in [6, 6.07) is 3.51. The minimum atomic E-state index is 0.522. The second-order valence-electron chi connectivity index (χ2n) is 1.79. The highest BCUT2D eigenvalue weighted by atomic mass is 35.5. The van der Waals surface area contributed by atoms with Crippen molar-refractivity contribution in [1.82, 2.24) is 0 Å². The quantitative estimate of drug-likeness (QED) is 0.540. The van der Waals surface area contributed by atoms with E-state index in [1.54, 1.807) is 12.1 Å². The van der Waals surface area contributed by atoms with E-state index in [4.69, 9.17) is 27.9 Å². The zero-order chi connectivity index (χ0) is 6.43. The Morgan fingerprint density at radius 3 is 2.67 bits per heavy atom. The standard InChI is InChI=1S/C6H2Cl2O/c7-3-1-2-4-6(9-4)5(3)8/h1-2H. The van der Waals surface area contributed by atoms with Crippen molar-refractivity contribution in [2.45, 2.75) is 0 Å². The third kappa shape index (κ3) is 0.689. The topological polar surface area (TPSA) is 12.5 Å². The van der Waals surface area contributed by atoms with Crippen molar-refractivity contribution < 1.29 is 4.74 Å². The molecule has 9 heavy (non-hydrogen) atoms. The molecule has 0 saturated carbocycles. The minimum absolute atomic E-state index is 0.522. The van der Waals surface area contributed by atoms with E-state index in [-0.39, 0.29) is 0 Å². The maximum atomic E-state index is 5.67. The Morgan fingerprint density at radius 2 is 2.00 bits per heavy atom. The summed E-state index contributed by atoms with van der Waals surface area (Å²) < 4.78 is 4.93. The molecule has 0 unspecified atom stereocenters. The van der Waals surface area contributed by atoms with Gasteiger partial charge in [0.1, 0.15) is 5.02 Å². The van der Waals surface area contributed by atoms with Gasteiger partial charge in [-0.15, -0.1) is 0 Å². The first-order valence-corrected chi connectivity index (χ1v) is 3.20. The lowest BCUT2D eigenvalue weighted by atomic mass is 10.4. The third-order valence-corrected chi connectivity index (χ3v) is 1.97. The van der Waals surface area contributed by atoms with E-state index in [0.717, 1.165) is 11.5 Å². The van der Waals surface area contributed by atoms with Gasteiger partial charge in [0.25, 0.3) is 0 Å². The van der Waals surface area contributed by atoms with Gasteiger partial charge < -0.3 is 4.74 Å². The van der Waals surface area contributed by atoms with E-state index in [1.165, 1.54) is 0 Å². The van der Waals surface area contributed by atoms with E-state index in [0.29, 0.717) is 10.0 Å². The fourth-order valence-corrected chi connectivity index (χ4v) is 1.02. The van der Waals surface area contributed by atoms with Crippen molar-refractivity contribution >= 4 is 23.2 Å². The predicted molar refractivity (Wildman–Crippen MR) is 36.5 cm³/mol. The molecule has 0 amide bonds. The van der Waals surface area contributed by atoms with Crippen LogP contribution >= 0.6 is 23.2 Å². The monoisotopic (exact) mass is 160 g/mol. The summed E-state index contributed by atoms with van der Waals surface area (Å²) in [4.78, 5) is 0. The molecular weight excluding hydrogens is 159 g/mol. The second-order valence-corrected chi connectivity index (χ2v) is 2.58. The van der Waals surface area contributed by atoms with E-state index in [2.05, 4.69) is 0 Å². The van der Waals surface area contributed by atoms with Crippen LogP contribution in [0.5, 0.6) is 11.5 Å².